The zero-order chi connectivity index (χ0) is 13.1. The van der Waals surface area contributed by atoms with Crippen molar-refractivity contribution in [2.45, 2.75) is 33.9 Å². The maximum absolute atomic E-state index is 5.93. The molecule has 1 N–H and O–H groups in total. The first-order valence-electron chi connectivity index (χ1n) is 5.95. The van der Waals surface area contributed by atoms with Crippen molar-refractivity contribution in [3.63, 3.8) is 0 Å². The Labute approximate surface area is 112 Å². The molecule has 4 heteroatoms. The minimum Gasteiger partial charge on any atom is -0.361 e. The molecule has 0 atom stereocenters. The van der Waals surface area contributed by atoms with E-state index in [2.05, 4.69) is 23.5 Å². The van der Waals surface area contributed by atoms with Gasteiger partial charge in [-0.3, -0.25) is 0 Å². The second-order valence-electron chi connectivity index (χ2n) is 4.48. The van der Waals surface area contributed by atoms with Crippen molar-refractivity contribution in [1.82, 2.24) is 10.5 Å². The maximum atomic E-state index is 5.93. The summed E-state index contributed by atoms with van der Waals surface area (Å²) in [6.07, 6.45) is 0. The van der Waals surface area contributed by atoms with Crippen LogP contribution in [0.3, 0.4) is 0 Å². The number of aryl methyl sites for hydroxylation is 3. The van der Waals surface area contributed by atoms with Crippen LogP contribution in [0, 0.1) is 20.8 Å². The highest BCUT2D eigenvalue weighted by Crippen LogP contribution is 2.16. The van der Waals surface area contributed by atoms with Gasteiger partial charge in [0.05, 0.1) is 5.69 Å². The van der Waals surface area contributed by atoms with Crippen LogP contribution in [0.15, 0.2) is 22.7 Å². The van der Waals surface area contributed by atoms with Gasteiger partial charge in [0.15, 0.2) is 0 Å². The highest BCUT2D eigenvalue weighted by Gasteiger charge is 2.08. The molecule has 1 aromatic heterocycles. The molecule has 0 unspecified atom stereocenters. The lowest BCUT2D eigenvalue weighted by atomic mass is 10.1. The predicted molar refractivity (Wildman–Crippen MR) is 72.7 cm³/mol. The van der Waals surface area contributed by atoms with Gasteiger partial charge in [0.25, 0.3) is 0 Å². The van der Waals surface area contributed by atoms with Crippen LogP contribution in [0.5, 0.6) is 0 Å². The number of nitrogens with one attached hydrogen (secondary N) is 1. The van der Waals surface area contributed by atoms with E-state index < -0.39 is 0 Å². The van der Waals surface area contributed by atoms with Crippen LogP contribution < -0.4 is 5.32 Å². The van der Waals surface area contributed by atoms with Crippen LogP contribution in [0.4, 0.5) is 0 Å². The van der Waals surface area contributed by atoms with Gasteiger partial charge in [-0.15, -0.1) is 0 Å². The van der Waals surface area contributed by atoms with Crippen LogP contribution in [0.2, 0.25) is 5.02 Å². The summed E-state index contributed by atoms with van der Waals surface area (Å²) in [5.41, 5.74) is 4.55. The highest BCUT2D eigenvalue weighted by molar-refractivity contribution is 6.30. The predicted octanol–water partition coefficient (Wildman–Crippen LogP) is 3.54. The van der Waals surface area contributed by atoms with E-state index in [4.69, 9.17) is 16.1 Å². The number of hydrogen-bond acceptors (Lipinski definition) is 3. The van der Waals surface area contributed by atoms with Crippen molar-refractivity contribution in [1.29, 1.82) is 0 Å². The normalized spacial score (nSPS) is 10.9. The molecular formula is C14H17ClN2O. The van der Waals surface area contributed by atoms with Crippen molar-refractivity contribution in [3.05, 3.63) is 51.4 Å². The molecule has 0 aliphatic carbocycles. The monoisotopic (exact) mass is 264 g/mol. The Morgan fingerprint density at radius 1 is 1.22 bits per heavy atom. The minimum atomic E-state index is 0.767. The largest absolute Gasteiger partial charge is 0.361 e. The van der Waals surface area contributed by atoms with Crippen LogP contribution in [-0.4, -0.2) is 5.16 Å². The number of aromatic nitrogens is 1. The molecule has 0 radical (unpaired) electrons. The molecule has 0 spiro atoms. The van der Waals surface area contributed by atoms with Gasteiger partial charge in [-0.25, -0.2) is 0 Å². The molecule has 0 aliphatic rings. The van der Waals surface area contributed by atoms with Crippen LogP contribution in [-0.2, 0) is 13.1 Å². The average molecular weight is 265 g/mol. The molecule has 2 aromatic rings. The summed E-state index contributed by atoms with van der Waals surface area (Å²) in [5, 5.41) is 8.12. The van der Waals surface area contributed by atoms with E-state index in [1.807, 2.05) is 26.0 Å². The van der Waals surface area contributed by atoms with E-state index >= 15 is 0 Å². The van der Waals surface area contributed by atoms with Gasteiger partial charge in [-0.2, -0.15) is 0 Å². The Bertz CT molecular complexity index is 529. The molecule has 0 fully saturated rings. The Morgan fingerprint density at radius 3 is 2.61 bits per heavy atom. The maximum Gasteiger partial charge on any atom is 0.138 e. The number of benzene rings is 1. The number of rotatable bonds is 4. The van der Waals surface area contributed by atoms with Gasteiger partial charge in [-0.05, 0) is 44.0 Å². The summed E-state index contributed by atoms with van der Waals surface area (Å²) in [4.78, 5) is 0. The molecule has 1 heterocycles. The molecule has 1 aromatic carbocycles. The molecule has 0 aliphatic heterocycles. The Morgan fingerprint density at radius 2 is 2.00 bits per heavy atom. The van der Waals surface area contributed by atoms with Gasteiger partial charge < -0.3 is 9.84 Å². The fraction of sp³-hybridized carbons (Fsp3) is 0.357. The van der Waals surface area contributed by atoms with E-state index in [1.54, 1.807) is 0 Å². The molecule has 96 valence electrons. The minimum absolute atomic E-state index is 0.767. The molecule has 0 bridgehead atoms. The summed E-state index contributed by atoms with van der Waals surface area (Å²) >= 11 is 5.93. The quantitative estimate of drug-likeness (QED) is 0.918. The van der Waals surface area contributed by atoms with E-state index in [0.29, 0.717) is 0 Å². The second kappa shape index (κ2) is 5.55. The smallest absolute Gasteiger partial charge is 0.138 e. The average Bonchev–Trinajstić information content (AvgIpc) is 2.63. The van der Waals surface area contributed by atoms with Crippen LogP contribution >= 0.6 is 11.6 Å². The third-order valence-electron chi connectivity index (χ3n) is 3.10. The number of hydrogen-bond donors (Lipinski definition) is 1. The second-order valence-corrected chi connectivity index (χ2v) is 4.91. The molecule has 0 saturated heterocycles. The van der Waals surface area contributed by atoms with E-state index in [-0.39, 0.29) is 0 Å². The fourth-order valence-electron chi connectivity index (χ4n) is 1.93. The van der Waals surface area contributed by atoms with Crippen molar-refractivity contribution in [3.8, 4) is 0 Å². The first-order valence-corrected chi connectivity index (χ1v) is 6.33. The van der Waals surface area contributed by atoms with Gasteiger partial charge in [0.1, 0.15) is 5.76 Å². The third kappa shape index (κ3) is 2.92. The van der Waals surface area contributed by atoms with Crippen LogP contribution in [0.25, 0.3) is 0 Å². The fourth-order valence-corrected chi connectivity index (χ4v) is 2.16. The van der Waals surface area contributed by atoms with Crippen molar-refractivity contribution in [2.75, 3.05) is 0 Å². The van der Waals surface area contributed by atoms with Crippen LogP contribution in [0.1, 0.15) is 28.1 Å². The zero-order valence-corrected chi connectivity index (χ0v) is 11.6. The lowest BCUT2D eigenvalue weighted by Crippen LogP contribution is -2.14. The Kier molecular flexibility index (Phi) is 4.04. The third-order valence-corrected chi connectivity index (χ3v) is 3.34. The summed E-state index contributed by atoms with van der Waals surface area (Å²) in [6.45, 7) is 7.54. The topological polar surface area (TPSA) is 38.1 Å². The Balaban J connectivity index is 1.96. The number of halogens is 1. The summed E-state index contributed by atoms with van der Waals surface area (Å²) in [7, 11) is 0. The van der Waals surface area contributed by atoms with Gasteiger partial charge in [0.2, 0.25) is 0 Å². The van der Waals surface area contributed by atoms with Crippen molar-refractivity contribution < 1.29 is 4.52 Å². The molecule has 2 rings (SSSR count). The van der Waals surface area contributed by atoms with Gasteiger partial charge in [-0.1, -0.05) is 22.8 Å². The molecule has 18 heavy (non-hydrogen) atoms. The summed E-state index contributed by atoms with van der Waals surface area (Å²) in [5.74, 6) is 0.882. The van der Waals surface area contributed by atoms with Gasteiger partial charge >= 0.3 is 0 Å². The van der Waals surface area contributed by atoms with Crippen molar-refractivity contribution >= 4 is 11.6 Å². The lowest BCUT2D eigenvalue weighted by molar-refractivity contribution is 0.392. The Hall–Kier alpha value is -1.32. The zero-order valence-electron chi connectivity index (χ0n) is 10.9. The first kappa shape index (κ1) is 13.1. The SMILES string of the molecule is Cc1cc(Cl)ccc1CNCc1c(C)noc1C. The van der Waals surface area contributed by atoms with E-state index in [1.165, 1.54) is 11.1 Å². The number of nitrogens with zero attached hydrogens (tertiary/aromatic N) is 1. The van der Waals surface area contributed by atoms with E-state index in [9.17, 15) is 0 Å². The standard InChI is InChI=1S/C14H17ClN2O/c1-9-6-13(15)5-4-12(9)7-16-8-14-10(2)17-18-11(14)3/h4-6,16H,7-8H2,1-3H3. The highest BCUT2D eigenvalue weighted by atomic mass is 35.5. The molecule has 0 amide bonds. The molecule has 0 saturated carbocycles. The van der Waals surface area contributed by atoms with Crippen molar-refractivity contribution in [2.24, 2.45) is 0 Å². The molecular weight excluding hydrogens is 248 g/mol. The van der Waals surface area contributed by atoms with E-state index in [0.717, 1.165) is 35.1 Å². The molecule has 3 nitrogen and oxygen atoms in total. The van der Waals surface area contributed by atoms with Gasteiger partial charge in [0, 0.05) is 23.7 Å². The first-order chi connectivity index (χ1) is 8.58. The lowest BCUT2D eigenvalue weighted by Gasteiger charge is -2.08. The summed E-state index contributed by atoms with van der Waals surface area (Å²) in [6, 6.07) is 5.95. The summed E-state index contributed by atoms with van der Waals surface area (Å²) < 4.78 is 5.13.